The van der Waals surface area contributed by atoms with Gasteiger partial charge in [0, 0.05) is 25.2 Å². The quantitative estimate of drug-likeness (QED) is 0.122. The number of hydrogen-bond acceptors (Lipinski definition) is 10. The Kier molecular flexibility index (Phi) is 19.8. The van der Waals surface area contributed by atoms with E-state index in [0.717, 1.165) is 12.2 Å². The highest BCUT2D eigenvalue weighted by atomic mass is 16.6. The molecule has 2 N–H and O–H groups in total. The van der Waals surface area contributed by atoms with Crippen LogP contribution >= 0.6 is 0 Å². The maximum atomic E-state index is 11.4. The number of para-hydroxylation sites is 2. The van der Waals surface area contributed by atoms with Crippen LogP contribution < -0.4 is 20.1 Å². The molecule has 49 heavy (non-hydrogen) atoms. The van der Waals surface area contributed by atoms with Gasteiger partial charge in [-0.25, -0.2) is 19.2 Å². The van der Waals surface area contributed by atoms with Gasteiger partial charge >= 0.3 is 24.1 Å². The molecule has 0 aliphatic heterocycles. The van der Waals surface area contributed by atoms with Crippen molar-refractivity contribution in [2.24, 2.45) is 11.8 Å². The van der Waals surface area contributed by atoms with Gasteiger partial charge < -0.3 is 39.1 Å². The Bertz CT molecular complexity index is 1170. The van der Waals surface area contributed by atoms with Crippen LogP contribution in [0.25, 0.3) is 0 Å². The van der Waals surface area contributed by atoms with Crippen molar-refractivity contribution in [3.63, 3.8) is 0 Å². The molecule has 2 bridgehead atoms. The molecule has 0 spiro atoms. The smallest absolute Gasteiger partial charge is 0.407 e. The number of esters is 2. The van der Waals surface area contributed by atoms with Crippen molar-refractivity contribution in [3.8, 4) is 11.5 Å². The third-order valence-corrected chi connectivity index (χ3v) is 7.34. The van der Waals surface area contributed by atoms with Crippen molar-refractivity contribution in [1.29, 1.82) is 0 Å². The second-order valence-electron chi connectivity index (χ2n) is 11.2. The molecule has 2 unspecified atom stereocenters. The lowest BCUT2D eigenvalue weighted by atomic mass is 10.0. The van der Waals surface area contributed by atoms with E-state index in [2.05, 4.69) is 23.8 Å². The number of hydrogen-bond donors (Lipinski definition) is 2. The number of carbonyl (C=O) groups excluding carboxylic acids is 4. The Balaban J connectivity index is 0.000000282. The van der Waals surface area contributed by atoms with Crippen LogP contribution in [-0.4, -0.2) is 75.9 Å². The SMILES string of the molecule is C1CC2CCC1C2.C=CC(=O)OCC(COc1ccccc1)OC(=O)NCC.C=CC(=O)OCC(COc1ccccc1)OC(=O)NCC. The average Bonchev–Trinajstić information content (AvgIpc) is 3.79. The highest BCUT2D eigenvalue weighted by Crippen LogP contribution is 2.43. The van der Waals surface area contributed by atoms with Gasteiger partial charge in [-0.2, -0.15) is 0 Å². The predicted molar refractivity (Wildman–Crippen MR) is 184 cm³/mol. The summed E-state index contributed by atoms with van der Waals surface area (Å²) in [6, 6.07) is 18.1. The second-order valence-corrected chi connectivity index (χ2v) is 11.2. The zero-order valence-electron chi connectivity index (χ0n) is 28.5. The lowest BCUT2D eigenvalue weighted by Gasteiger charge is -2.18. The predicted octanol–water partition coefficient (Wildman–Crippen LogP) is 6.02. The maximum absolute atomic E-state index is 11.4. The minimum atomic E-state index is -0.708. The van der Waals surface area contributed by atoms with E-state index in [-0.39, 0.29) is 26.4 Å². The Labute approximate surface area is 289 Å². The van der Waals surface area contributed by atoms with Crippen LogP contribution in [0.5, 0.6) is 11.5 Å². The fourth-order valence-corrected chi connectivity index (χ4v) is 4.96. The Morgan fingerprint density at radius 3 is 1.31 bits per heavy atom. The lowest BCUT2D eigenvalue weighted by Crippen LogP contribution is -2.35. The molecule has 2 saturated carbocycles. The van der Waals surface area contributed by atoms with Gasteiger partial charge in [-0.15, -0.1) is 0 Å². The van der Waals surface area contributed by atoms with E-state index in [1.165, 1.54) is 11.8 Å². The van der Waals surface area contributed by atoms with E-state index < -0.39 is 36.3 Å². The number of fused-ring (bicyclic) bond motifs is 2. The molecule has 0 aromatic heterocycles. The number of nitrogens with one attached hydrogen (secondary N) is 2. The molecule has 4 rings (SSSR count). The number of amides is 2. The topological polar surface area (TPSA) is 148 Å². The van der Waals surface area contributed by atoms with Crippen molar-refractivity contribution >= 4 is 24.1 Å². The highest BCUT2D eigenvalue weighted by Gasteiger charge is 2.30. The molecule has 2 fully saturated rings. The van der Waals surface area contributed by atoms with Crippen LogP contribution in [0.2, 0.25) is 0 Å². The summed E-state index contributed by atoms with van der Waals surface area (Å²) in [6.45, 7) is 11.0. The summed E-state index contributed by atoms with van der Waals surface area (Å²) in [5.41, 5.74) is 0. The van der Waals surface area contributed by atoms with E-state index in [0.29, 0.717) is 24.6 Å². The number of alkyl carbamates (subject to hydrolysis) is 2. The number of benzene rings is 2. The van der Waals surface area contributed by atoms with Crippen LogP contribution in [0, 0.1) is 11.8 Å². The van der Waals surface area contributed by atoms with E-state index in [1.807, 2.05) is 36.4 Å². The van der Waals surface area contributed by atoms with Crippen LogP contribution in [-0.2, 0) is 28.5 Å². The summed E-state index contributed by atoms with van der Waals surface area (Å²) in [6.07, 6.45) is 7.32. The molecule has 2 amide bonds. The molecule has 0 heterocycles. The first-order valence-electron chi connectivity index (χ1n) is 16.6. The zero-order valence-corrected chi connectivity index (χ0v) is 28.5. The number of carbonyl (C=O) groups is 4. The molecular formula is C37H50N2O10. The summed E-state index contributed by atoms with van der Waals surface area (Å²) < 4.78 is 31.0. The second kappa shape index (κ2) is 24.2. The molecule has 2 aliphatic rings. The van der Waals surface area contributed by atoms with Crippen molar-refractivity contribution in [2.45, 2.75) is 58.2 Å². The Morgan fingerprint density at radius 2 is 1.02 bits per heavy atom. The van der Waals surface area contributed by atoms with Crippen molar-refractivity contribution in [3.05, 3.63) is 86.0 Å². The third kappa shape index (κ3) is 18.2. The zero-order chi connectivity index (χ0) is 35.7. The van der Waals surface area contributed by atoms with Crippen LogP contribution in [0.3, 0.4) is 0 Å². The Hall–Kier alpha value is -5.00. The highest BCUT2D eigenvalue weighted by molar-refractivity contribution is 5.81. The van der Waals surface area contributed by atoms with E-state index in [9.17, 15) is 19.2 Å². The minimum absolute atomic E-state index is 0.0750. The van der Waals surface area contributed by atoms with Gasteiger partial charge in [0.1, 0.15) is 37.9 Å². The van der Waals surface area contributed by atoms with Crippen LogP contribution in [0.1, 0.15) is 46.0 Å². The van der Waals surface area contributed by atoms with E-state index in [1.54, 1.807) is 70.2 Å². The lowest BCUT2D eigenvalue weighted by molar-refractivity contribution is -0.142. The fourth-order valence-electron chi connectivity index (χ4n) is 4.96. The summed E-state index contributed by atoms with van der Waals surface area (Å²) in [4.78, 5) is 45.0. The first kappa shape index (κ1) is 40.2. The number of rotatable bonds is 16. The molecular weight excluding hydrogens is 632 g/mol. The normalized spacial score (nSPS) is 16.4. The average molecular weight is 683 g/mol. The van der Waals surface area contributed by atoms with Crippen LogP contribution in [0.15, 0.2) is 86.0 Å². The Morgan fingerprint density at radius 1 is 0.653 bits per heavy atom. The van der Waals surface area contributed by atoms with Gasteiger partial charge in [0.05, 0.1) is 0 Å². The summed E-state index contributed by atoms with van der Waals surface area (Å²) >= 11 is 0. The summed E-state index contributed by atoms with van der Waals surface area (Å²) in [7, 11) is 0. The summed E-state index contributed by atoms with van der Waals surface area (Å²) in [5, 5.41) is 5.00. The van der Waals surface area contributed by atoms with E-state index >= 15 is 0 Å². The van der Waals surface area contributed by atoms with Crippen molar-refractivity contribution in [2.75, 3.05) is 39.5 Å². The molecule has 12 nitrogen and oxygen atoms in total. The van der Waals surface area contributed by atoms with Gasteiger partial charge in [-0.3, -0.25) is 0 Å². The summed E-state index contributed by atoms with van der Waals surface area (Å²) in [5.74, 6) is 2.45. The van der Waals surface area contributed by atoms with Crippen molar-refractivity contribution < 1.29 is 47.6 Å². The molecule has 268 valence electrons. The molecule has 2 atom stereocenters. The fraction of sp³-hybridized carbons (Fsp3) is 0.459. The van der Waals surface area contributed by atoms with Gasteiger partial charge in [0.2, 0.25) is 0 Å². The molecule has 0 saturated heterocycles. The molecule has 2 aromatic rings. The first-order chi connectivity index (χ1) is 23.8. The van der Waals surface area contributed by atoms with Gasteiger partial charge in [-0.1, -0.05) is 75.2 Å². The third-order valence-electron chi connectivity index (χ3n) is 7.34. The maximum Gasteiger partial charge on any atom is 0.407 e. The van der Waals surface area contributed by atoms with Crippen molar-refractivity contribution in [1.82, 2.24) is 10.6 Å². The molecule has 12 heteroatoms. The number of ether oxygens (including phenoxy) is 6. The largest absolute Gasteiger partial charge is 0.490 e. The standard InChI is InChI=1S/2C15H19NO5.C7H12/c2*1-3-14(17)20-11-13(21-15(18)16-4-2)10-19-12-8-6-5-7-9-12;1-2-7-4-3-6(1)5-7/h2*3,5-9,13H,1,4,10-11H2,2H3,(H,16,18);6-7H,1-5H2. The minimum Gasteiger partial charge on any atom is -0.490 e. The van der Waals surface area contributed by atoms with Crippen LogP contribution in [0.4, 0.5) is 9.59 Å². The first-order valence-corrected chi connectivity index (χ1v) is 16.6. The molecule has 2 aliphatic carbocycles. The molecule has 0 radical (unpaired) electrons. The van der Waals surface area contributed by atoms with Gasteiger partial charge in [-0.05, 0) is 56.4 Å². The molecule has 2 aromatic carbocycles. The van der Waals surface area contributed by atoms with E-state index in [4.69, 9.17) is 28.4 Å². The van der Waals surface area contributed by atoms with Gasteiger partial charge in [0.15, 0.2) is 12.2 Å². The van der Waals surface area contributed by atoms with Gasteiger partial charge in [0.25, 0.3) is 0 Å². The monoisotopic (exact) mass is 682 g/mol.